The maximum absolute atomic E-state index is 5.49. The second-order valence-electron chi connectivity index (χ2n) is 1.28. The quantitative estimate of drug-likeness (QED) is 0.331. The molecule has 0 aliphatic heterocycles. The third-order valence-corrected chi connectivity index (χ3v) is 0.765. The largest absolute Gasteiger partial charge is 0.188 e. The van der Waals surface area contributed by atoms with E-state index >= 15 is 0 Å². The lowest BCUT2D eigenvalue weighted by atomic mass is 10.6. The first kappa shape index (κ1) is 8.37. The van der Waals surface area contributed by atoms with Gasteiger partial charge in [0.05, 0.1) is 6.54 Å². The van der Waals surface area contributed by atoms with Gasteiger partial charge in [-0.05, 0) is 13.0 Å². The fraction of sp³-hybridized carbons (Fsp3) is 0.333. The van der Waals surface area contributed by atoms with Crippen LogP contribution in [0.1, 0.15) is 6.92 Å². The van der Waals surface area contributed by atoms with Gasteiger partial charge in [0.25, 0.3) is 0 Å². The molecule has 0 rings (SSSR count). The molecular weight excluding hydrogens is 136 g/mol. The Morgan fingerprint density at radius 3 is 2.89 bits per heavy atom. The van der Waals surface area contributed by atoms with E-state index in [0.29, 0.717) is 11.7 Å². The molecule has 0 radical (unpaired) electrons. The first-order valence-electron chi connectivity index (χ1n) is 2.67. The molecule has 9 heavy (non-hydrogen) atoms. The zero-order valence-corrected chi connectivity index (χ0v) is 6.10. The van der Waals surface area contributed by atoms with Crippen LogP contribution in [0.4, 0.5) is 0 Å². The van der Waals surface area contributed by atoms with E-state index in [-0.39, 0.29) is 0 Å². The maximum Gasteiger partial charge on any atom is 0.151 e. The van der Waals surface area contributed by atoms with E-state index in [1.165, 1.54) is 0 Å². The first-order chi connectivity index (χ1) is 4.31. The molecular formula is C6H9ClN2. The number of rotatable bonds is 3. The summed E-state index contributed by atoms with van der Waals surface area (Å²) in [5, 5.41) is 7.65. The average molecular weight is 145 g/mol. The van der Waals surface area contributed by atoms with Crippen LogP contribution in [0.15, 0.2) is 34.1 Å². The van der Waals surface area contributed by atoms with Crippen molar-refractivity contribution in [3.05, 3.63) is 23.9 Å². The van der Waals surface area contributed by atoms with Gasteiger partial charge >= 0.3 is 0 Å². The lowest BCUT2D eigenvalue weighted by Crippen LogP contribution is -1.64. The van der Waals surface area contributed by atoms with Crippen molar-refractivity contribution in [2.75, 3.05) is 6.54 Å². The second kappa shape index (κ2) is 5.51. The molecule has 0 atom stereocenters. The number of halogens is 1. The van der Waals surface area contributed by atoms with E-state index in [1.54, 1.807) is 12.2 Å². The van der Waals surface area contributed by atoms with Crippen molar-refractivity contribution in [3.8, 4) is 0 Å². The summed E-state index contributed by atoms with van der Waals surface area (Å²) < 4.78 is 0. The van der Waals surface area contributed by atoms with Gasteiger partial charge in [-0.15, -0.1) is 5.11 Å². The molecule has 3 heteroatoms. The molecule has 0 aromatic rings. The van der Waals surface area contributed by atoms with Gasteiger partial charge in [-0.25, -0.2) is 0 Å². The van der Waals surface area contributed by atoms with Gasteiger partial charge in [0, 0.05) is 0 Å². The zero-order valence-electron chi connectivity index (χ0n) is 5.34. The van der Waals surface area contributed by atoms with Gasteiger partial charge in [0.15, 0.2) is 5.16 Å². The molecule has 2 nitrogen and oxygen atoms in total. The van der Waals surface area contributed by atoms with Crippen LogP contribution in [0.2, 0.25) is 0 Å². The molecule has 0 saturated heterocycles. The molecule has 0 aliphatic carbocycles. The molecule has 0 amide bonds. The van der Waals surface area contributed by atoms with Crippen LogP contribution in [-0.4, -0.2) is 6.54 Å². The Balaban J connectivity index is 3.74. The van der Waals surface area contributed by atoms with Crippen molar-refractivity contribution in [2.45, 2.75) is 6.92 Å². The third-order valence-electron chi connectivity index (χ3n) is 0.563. The highest BCUT2D eigenvalue weighted by Crippen LogP contribution is 2.02. The van der Waals surface area contributed by atoms with Crippen LogP contribution < -0.4 is 0 Å². The predicted molar refractivity (Wildman–Crippen MR) is 39.5 cm³/mol. The Kier molecular flexibility index (Phi) is 5.12. The number of allylic oxidation sites excluding steroid dienone is 2. The van der Waals surface area contributed by atoms with E-state index < -0.39 is 0 Å². The van der Waals surface area contributed by atoms with Crippen LogP contribution in [0, 0.1) is 0 Å². The van der Waals surface area contributed by atoms with E-state index in [4.69, 9.17) is 11.6 Å². The number of hydrogen-bond donors (Lipinski definition) is 0. The number of hydrogen-bond acceptors (Lipinski definition) is 2. The summed E-state index contributed by atoms with van der Waals surface area (Å²) in [5.41, 5.74) is 0. The second-order valence-corrected chi connectivity index (χ2v) is 1.67. The summed E-state index contributed by atoms with van der Waals surface area (Å²) >= 11 is 5.49. The molecule has 0 unspecified atom stereocenters. The maximum atomic E-state index is 5.49. The van der Waals surface area contributed by atoms with E-state index in [0.717, 1.165) is 0 Å². The molecule has 0 heterocycles. The molecule has 0 spiro atoms. The van der Waals surface area contributed by atoms with E-state index in [1.807, 2.05) is 6.92 Å². The van der Waals surface area contributed by atoms with Crippen LogP contribution in [0.5, 0.6) is 0 Å². The van der Waals surface area contributed by atoms with Gasteiger partial charge in [0.1, 0.15) is 0 Å². The third kappa shape index (κ3) is 5.24. The first-order valence-corrected chi connectivity index (χ1v) is 3.04. The number of azo groups is 1. The molecule has 0 aromatic carbocycles. The monoisotopic (exact) mass is 144 g/mol. The molecule has 0 aliphatic rings. The van der Waals surface area contributed by atoms with Crippen LogP contribution in [0.25, 0.3) is 0 Å². The van der Waals surface area contributed by atoms with Crippen LogP contribution >= 0.6 is 11.6 Å². The van der Waals surface area contributed by atoms with Crippen molar-refractivity contribution in [2.24, 2.45) is 10.2 Å². The predicted octanol–water partition coefficient (Wildman–Crippen LogP) is 2.72. The summed E-state index contributed by atoms with van der Waals surface area (Å²) in [5.74, 6) is 0. The van der Waals surface area contributed by atoms with Gasteiger partial charge in [0.2, 0.25) is 0 Å². The highest BCUT2D eigenvalue weighted by Gasteiger charge is 1.79. The molecule has 0 bridgehead atoms. The smallest absolute Gasteiger partial charge is 0.151 e. The van der Waals surface area contributed by atoms with Gasteiger partial charge in [-0.1, -0.05) is 24.3 Å². The fourth-order valence-electron chi connectivity index (χ4n) is 0.269. The van der Waals surface area contributed by atoms with Gasteiger partial charge in [-0.2, -0.15) is 5.11 Å². The minimum absolute atomic E-state index is 0.367. The van der Waals surface area contributed by atoms with Crippen molar-refractivity contribution in [1.29, 1.82) is 0 Å². The topological polar surface area (TPSA) is 24.7 Å². The minimum Gasteiger partial charge on any atom is -0.188 e. The lowest BCUT2D eigenvalue weighted by molar-refractivity contribution is 0.994. The van der Waals surface area contributed by atoms with Gasteiger partial charge in [-0.3, -0.25) is 0 Å². The summed E-state index contributed by atoms with van der Waals surface area (Å²) in [6, 6.07) is 0. The van der Waals surface area contributed by atoms with Crippen LogP contribution in [0.3, 0.4) is 0 Å². The number of nitrogens with zero attached hydrogens (tertiary/aromatic N) is 2. The Bertz CT molecular complexity index is 138. The van der Waals surface area contributed by atoms with E-state index in [2.05, 4.69) is 16.8 Å². The SMILES string of the molecule is C=C/C=C(Cl)\N=N/CC. The Labute approximate surface area is 59.9 Å². The summed E-state index contributed by atoms with van der Waals surface area (Å²) in [6.07, 6.45) is 3.15. The lowest BCUT2D eigenvalue weighted by Gasteiger charge is -1.81. The Hall–Kier alpha value is -0.630. The molecule has 0 aromatic heterocycles. The van der Waals surface area contributed by atoms with Crippen molar-refractivity contribution >= 4 is 11.6 Å². The molecule has 0 saturated carbocycles. The van der Waals surface area contributed by atoms with Crippen molar-refractivity contribution in [1.82, 2.24) is 0 Å². The zero-order chi connectivity index (χ0) is 7.11. The minimum atomic E-state index is 0.367. The Morgan fingerprint density at radius 2 is 2.44 bits per heavy atom. The highest BCUT2D eigenvalue weighted by molar-refractivity contribution is 6.29. The van der Waals surface area contributed by atoms with Crippen LogP contribution in [-0.2, 0) is 0 Å². The molecule has 50 valence electrons. The van der Waals surface area contributed by atoms with Gasteiger partial charge < -0.3 is 0 Å². The van der Waals surface area contributed by atoms with E-state index in [9.17, 15) is 0 Å². The fourth-order valence-corrected chi connectivity index (χ4v) is 0.411. The standard InChI is InChI=1S/C6H9ClN2/c1-3-5-6(7)9-8-4-2/h3,5H,1,4H2,2H3/b6-5-,9-8-. The van der Waals surface area contributed by atoms with Crippen molar-refractivity contribution < 1.29 is 0 Å². The summed E-state index contributed by atoms with van der Waals surface area (Å²) in [4.78, 5) is 0. The summed E-state index contributed by atoms with van der Waals surface area (Å²) in [7, 11) is 0. The van der Waals surface area contributed by atoms with Crippen molar-refractivity contribution in [3.63, 3.8) is 0 Å². The molecule has 0 fully saturated rings. The molecule has 0 N–H and O–H groups in total. The summed E-state index contributed by atoms with van der Waals surface area (Å²) in [6.45, 7) is 5.99. The normalized spacial score (nSPS) is 12.4. The average Bonchev–Trinajstić information content (AvgIpc) is 1.85. The highest BCUT2D eigenvalue weighted by atomic mass is 35.5. The Morgan fingerprint density at radius 1 is 1.78 bits per heavy atom.